The molecule has 8 unspecified atom stereocenters. The molecule has 0 spiro atoms. The van der Waals surface area contributed by atoms with Crippen molar-refractivity contribution in [1.29, 1.82) is 0 Å². The number of hydrogen-bond donors (Lipinski definition) is 7. The molecule has 208 valence electrons. The largest absolute Gasteiger partial charge is 0.394 e. The van der Waals surface area contributed by atoms with Crippen LogP contribution in [0.25, 0.3) is 6.08 Å². The van der Waals surface area contributed by atoms with E-state index in [1.807, 2.05) is 72.8 Å². The Bertz CT molecular complexity index is 993. The SMILES string of the molecule is O=C(Cc1ccccc1)NC(CSC1OC(CO)C(O)C(O)C1O)C(O)C(O)CCC=Cc1ccccc1. The fraction of sp³-hybridized carbons (Fsp3) is 0.464. The van der Waals surface area contributed by atoms with Crippen LogP contribution in [0.3, 0.4) is 0 Å². The van der Waals surface area contributed by atoms with Gasteiger partial charge >= 0.3 is 0 Å². The Morgan fingerprint density at radius 3 is 2.29 bits per heavy atom. The van der Waals surface area contributed by atoms with Crippen molar-refractivity contribution < 1.29 is 40.2 Å². The molecule has 1 heterocycles. The Kier molecular flexibility index (Phi) is 12.2. The number of allylic oxidation sites excluding steroid dienone is 1. The first-order valence-corrected chi connectivity index (χ1v) is 13.7. The molecule has 8 atom stereocenters. The maximum absolute atomic E-state index is 12.8. The number of nitrogens with one attached hydrogen (secondary N) is 1. The van der Waals surface area contributed by atoms with Crippen molar-refractivity contribution in [1.82, 2.24) is 5.32 Å². The fourth-order valence-electron chi connectivity index (χ4n) is 4.16. The number of hydrogen-bond acceptors (Lipinski definition) is 9. The zero-order valence-corrected chi connectivity index (χ0v) is 21.8. The van der Waals surface area contributed by atoms with Gasteiger partial charge in [0.05, 0.1) is 25.2 Å². The molecule has 0 bridgehead atoms. The zero-order chi connectivity index (χ0) is 27.5. The molecule has 9 nitrogen and oxygen atoms in total. The highest BCUT2D eigenvalue weighted by molar-refractivity contribution is 7.99. The van der Waals surface area contributed by atoms with Crippen LogP contribution in [-0.4, -0.2) is 97.0 Å². The molecule has 1 aliphatic rings. The second kappa shape index (κ2) is 15.3. The van der Waals surface area contributed by atoms with E-state index in [2.05, 4.69) is 5.32 Å². The summed E-state index contributed by atoms with van der Waals surface area (Å²) in [6.45, 7) is -0.558. The van der Waals surface area contributed by atoms with Gasteiger partial charge in [-0.25, -0.2) is 0 Å². The highest BCUT2D eigenvalue weighted by Gasteiger charge is 2.44. The van der Waals surface area contributed by atoms with Gasteiger partial charge < -0.3 is 40.7 Å². The van der Waals surface area contributed by atoms with Crippen LogP contribution in [0.15, 0.2) is 66.7 Å². The number of aliphatic hydroxyl groups is 6. The number of amides is 1. The number of carbonyl (C=O) groups is 1. The van der Waals surface area contributed by atoms with Gasteiger partial charge in [0.15, 0.2) is 0 Å². The summed E-state index contributed by atoms with van der Waals surface area (Å²) in [5.41, 5.74) is 0.771. The van der Waals surface area contributed by atoms with E-state index >= 15 is 0 Å². The number of rotatable bonds is 13. The molecule has 38 heavy (non-hydrogen) atoms. The number of ether oxygens (including phenoxy) is 1. The molecule has 1 saturated heterocycles. The van der Waals surface area contributed by atoms with E-state index in [0.29, 0.717) is 6.42 Å². The Morgan fingerprint density at radius 2 is 1.63 bits per heavy atom. The zero-order valence-electron chi connectivity index (χ0n) is 21.0. The molecule has 0 aromatic heterocycles. The van der Waals surface area contributed by atoms with Gasteiger partial charge in [0.25, 0.3) is 0 Å². The quantitative estimate of drug-likeness (QED) is 0.189. The average Bonchev–Trinajstić information content (AvgIpc) is 2.93. The summed E-state index contributed by atoms with van der Waals surface area (Å²) in [6.07, 6.45) is -3.36. The van der Waals surface area contributed by atoms with Gasteiger partial charge in [-0.05, 0) is 24.0 Å². The predicted molar refractivity (Wildman–Crippen MR) is 145 cm³/mol. The van der Waals surface area contributed by atoms with Crippen LogP contribution >= 0.6 is 11.8 Å². The van der Waals surface area contributed by atoms with Gasteiger partial charge in [0, 0.05) is 5.75 Å². The van der Waals surface area contributed by atoms with Crippen molar-refractivity contribution in [2.45, 2.75) is 67.4 Å². The smallest absolute Gasteiger partial charge is 0.224 e. The van der Waals surface area contributed by atoms with Crippen LogP contribution in [0.5, 0.6) is 0 Å². The van der Waals surface area contributed by atoms with E-state index < -0.39 is 54.7 Å². The van der Waals surface area contributed by atoms with E-state index in [4.69, 9.17) is 4.74 Å². The van der Waals surface area contributed by atoms with Crippen LogP contribution < -0.4 is 5.32 Å². The third-order valence-electron chi connectivity index (χ3n) is 6.39. The lowest BCUT2D eigenvalue weighted by molar-refractivity contribution is -0.205. The molecule has 1 amide bonds. The maximum atomic E-state index is 12.8. The number of thioether (sulfide) groups is 1. The Balaban J connectivity index is 1.63. The Morgan fingerprint density at radius 1 is 0.974 bits per heavy atom. The first-order valence-electron chi connectivity index (χ1n) is 12.6. The predicted octanol–water partition coefficient (Wildman–Crippen LogP) is 0.462. The molecule has 3 rings (SSSR count). The number of carbonyl (C=O) groups excluding carboxylic acids is 1. The van der Waals surface area contributed by atoms with Gasteiger partial charge in [-0.15, -0.1) is 11.8 Å². The van der Waals surface area contributed by atoms with E-state index in [1.54, 1.807) is 0 Å². The standard InChI is InChI=1S/C28H37NO8S/c30-16-22-25(34)26(35)27(36)28(37-22)38-17-20(29-23(32)15-19-12-5-2-6-13-19)24(33)21(31)14-8-7-11-18-9-3-1-4-10-18/h1-7,9-13,20-22,24-28,30-31,33-36H,8,14-17H2,(H,29,32). The third-order valence-corrected chi connectivity index (χ3v) is 7.66. The monoisotopic (exact) mass is 547 g/mol. The molecule has 1 aliphatic heterocycles. The molecule has 0 aliphatic carbocycles. The number of aliphatic hydroxyl groups excluding tert-OH is 6. The van der Waals surface area contributed by atoms with Gasteiger partial charge in [-0.2, -0.15) is 0 Å². The first-order chi connectivity index (χ1) is 18.3. The maximum Gasteiger partial charge on any atom is 0.224 e. The summed E-state index contributed by atoms with van der Waals surface area (Å²) < 4.78 is 5.53. The topological polar surface area (TPSA) is 160 Å². The summed E-state index contributed by atoms with van der Waals surface area (Å²) in [4.78, 5) is 12.8. The number of benzene rings is 2. The van der Waals surface area contributed by atoms with Crippen molar-refractivity contribution in [3.8, 4) is 0 Å². The van der Waals surface area contributed by atoms with E-state index in [1.165, 1.54) is 0 Å². The molecule has 7 N–H and O–H groups in total. The lowest BCUT2D eigenvalue weighted by Gasteiger charge is -2.40. The lowest BCUT2D eigenvalue weighted by atomic mass is 10.0. The highest BCUT2D eigenvalue weighted by atomic mass is 32.2. The lowest BCUT2D eigenvalue weighted by Crippen LogP contribution is -2.58. The van der Waals surface area contributed by atoms with Crippen molar-refractivity contribution in [2.75, 3.05) is 12.4 Å². The minimum atomic E-state index is -1.53. The van der Waals surface area contributed by atoms with Crippen molar-refractivity contribution in [2.24, 2.45) is 0 Å². The third kappa shape index (κ3) is 8.89. The van der Waals surface area contributed by atoms with Crippen LogP contribution in [0.4, 0.5) is 0 Å². The summed E-state index contributed by atoms with van der Waals surface area (Å²) in [6, 6.07) is 17.9. The molecule has 0 radical (unpaired) electrons. The molecular formula is C28H37NO8S. The van der Waals surface area contributed by atoms with Crippen LogP contribution in [0.1, 0.15) is 24.0 Å². The van der Waals surface area contributed by atoms with E-state index in [9.17, 15) is 35.4 Å². The molecule has 2 aromatic rings. The molecular weight excluding hydrogens is 510 g/mol. The average molecular weight is 548 g/mol. The van der Waals surface area contributed by atoms with Crippen molar-refractivity contribution >= 4 is 23.7 Å². The van der Waals surface area contributed by atoms with Gasteiger partial charge in [-0.1, -0.05) is 72.8 Å². The van der Waals surface area contributed by atoms with Gasteiger partial charge in [-0.3, -0.25) is 4.79 Å². The van der Waals surface area contributed by atoms with Gasteiger partial charge in [0.2, 0.25) is 5.91 Å². The van der Waals surface area contributed by atoms with Gasteiger partial charge in [0.1, 0.15) is 36.0 Å². The summed E-state index contributed by atoms with van der Waals surface area (Å²) in [5.74, 6) is -0.327. The van der Waals surface area contributed by atoms with Crippen LogP contribution in [-0.2, 0) is 16.0 Å². The minimum absolute atomic E-state index is 0.0291. The molecule has 10 heteroatoms. The molecule has 1 fully saturated rings. The highest BCUT2D eigenvalue weighted by Crippen LogP contribution is 2.29. The second-order valence-electron chi connectivity index (χ2n) is 9.32. The van der Waals surface area contributed by atoms with E-state index in [0.717, 1.165) is 22.9 Å². The minimum Gasteiger partial charge on any atom is -0.394 e. The van der Waals surface area contributed by atoms with Crippen LogP contribution in [0, 0.1) is 0 Å². The second-order valence-corrected chi connectivity index (χ2v) is 10.4. The van der Waals surface area contributed by atoms with E-state index in [-0.39, 0.29) is 24.5 Å². The normalized spacial score (nSPS) is 26.1. The summed E-state index contributed by atoms with van der Waals surface area (Å²) >= 11 is 1.00. The first kappa shape index (κ1) is 30.3. The van der Waals surface area contributed by atoms with Crippen molar-refractivity contribution in [3.63, 3.8) is 0 Å². The van der Waals surface area contributed by atoms with Crippen LogP contribution in [0.2, 0.25) is 0 Å². The fourth-order valence-corrected chi connectivity index (χ4v) is 5.41. The van der Waals surface area contributed by atoms with Crippen molar-refractivity contribution in [3.05, 3.63) is 77.9 Å². The Hall–Kier alpha value is -2.28. The Labute approximate surface area is 226 Å². The summed E-state index contributed by atoms with van der Waals surface area (Å²) in [7, 11) is 0. The summed E-state index contributed by atoms with van der Waals surface area (Å²) in [5, 5.41) is 64.3. The molecule has 0 saturated carbocycles. The molecule has 2 aromatic carbocycles.